The Hall–Kier alpha value is -3.59. The van der Waals surface area contributed by atoms with Crippen molar-refractivity contribution in [3.8, 4) is 16.9 Å². The molecule has 3 aromatic rings. The third-order valence-electron chi connectivity index (χ3n) is 5.44. The van der Waals surface area contributed by atoms with Crippen LogP contribution in [0.2, 0.25) is 0 Å². The molecule has 1 aliphatic rings. The van der Waals surface area contributed by atoms with E-state index in [1.165, 1.54) is 29.5 Å². The third kappa shape index (κ3) is 4.43. The predicted octanol–water partition coefficient (Wildman–Crippen LogP) is 6.44. The lowest BCUT2D eigenvalue weighted by Gasteiger charge is -2.29. The molecule has 0 radical (unpaired) electrons. The van der Waals surface area contributed by atoms with Crippen LogP contribution >= 0.6 is 11.3 Å². The molecule has 1 aliphatic heterocycles. The zero-order valence-electron chi connectivity index (χ0n) is 18.2. The summed E-state index contributed by atoms with van der Waals surface area (Å²) in [5.74, 6) is -3.37. The van der Waals surface area contributed by atoms with Crippen molar-refractivity contribution in [3.63, 3.8) is 0 Å². The summed E-state index contributed by atoms with van der Waals surface area (Å²) in [6.07, 6.45) is -4.99. The van der Waals surface area contributed by atoms with Crippen molar-refractivity contribution in [2.24, 2.45) is 5.92 Å². The number of ketones is 1. The Kier molecular flexibility index (Phi) is 6.22. The number of rotatable bonds is 6. The Morgan fingerprint density at radius 2 is 1.74 bits per heavy atom. The number of amides is 1. The van der Waals surface area contributed by atoms with Crippen LogP contribution in [-0.2, 0) is 9.59 Å². The highest BCUT2D eigenvalue weighted by molar-refractivity contribution is 7.08. The minimum Gasteiger partial charge on any atom is -0.503 e. The normalized spacial score (nSPS) is 16.5. The summed E-state index contributed by atoms with van der Waals surface area (Å²) in [6.45, 7) is 3.17. The molecular weight excluding hydrogens is 467 g/mol. The summed E-state index contributed by atoms with van der Waals surface area (Å²) in [5.41, 5.74) is 1.84. The zero-order chi connectivity index (χ0) is 24.6. The number of alkyl halides is 3. The van der Waals surface area contributed by atoms with E-state index in [1.807, 2.05) is 16.8 Å². The number of nitrogens with zero attached hydrogens (tertiary/aromatic N) is 1. The fraction of sp³-hybridized carbons (Fsp3) is 0.200. The highest BCUT2D eigenvalue weighted by Gasteiger charge is 2.46. The van der Waals surface area contributed by atoms with E-state index in [0.29, 0.717) is 5.69 Å². The largest absolute Gasteiger partial charge is 0.573 e. The zero-order valence-corrected chi connectivity index (χ0v) is 19.0. The van der Waals surface area contributed by atoms with E-state index in [0.717, 1.165) is 22.1 Å². The van der Waals surface area contributed by atoms with Crippen LogP contribution < -0.4 is 9.64 Å². The third-order valence-corrected chi connectivity index (χ3v) is 6.12. The SMILES string of the molecule is CC(C)C(=O)C1=C(O)C(=O)N(c2ccc(-c3ccsc3)cc2)C1c1ccccc1OC(F)(F)F. The van der Waals surface area contributed by atoms with Crippen molar-refractivity contribution in [1.82, 2.24) is 0 Å². The highest BCUT2D eigenvalue weighted by Crippen LogP contribution is 2.45. The van der Waals surface area contributed by atoms with E-state index >= 15 is 0 Å². The van der Waals surface area contributed by atoms with Gasteiger partial charge in [0.05, 0.1) is 11.6 Å². The molecule has 0 bridgehead atoms. The Morgan fingerprint density at radius 3 is 2.32 bits per heavy atom. The lowest BCUT2D eigenvalue weighted by Crippen LogP contribution is -2.32. The van der Waals surface area contributed by atoms with Crippen LogP contribution in [0.5, 0.6) is 5.75 Å². The molecule has 0 saturated heterocycles. The predicted molar refractivity (Wildman–Crippen MR) is 123 cm³/mol. The van der Waals surface area contributed by atoms with Gasteiger partial charge in [-0.25, -0.2) is 0 Å². The molecule has 2 aromatic carbocycles. The van der Waals surface area contributed by atoms with Crippen LogP contribution in [0.3, 0.4) is 0 Å². The van der Waals surface area contributed by atoms with Gasteiger partial charge >= 0.3 is 6.36 Å². The van der Waals surface area contributed by atoms with Gasteiger partial charge in [0.2, 0.25) is 0 Å². The van der Waals surface area contributed by atoms with Crippen LogP contribution in [0.4, 0.5) is 18.9 Å². The molecule has 1 atom stereocenters. The van der Waals surface area contributed by atoms with Gasteiger partial charge in [-0.2, -0.15) is 11.3 Å². The number of Topliss-reactive ketones (excluding diaryl/α,β-unsaturated/α-hetero) is 1. The second-order valence-corrected chi connectivity index (χ2v) is 8.78. The van der Waals surface area contributed by atoms with Crippen LogP contribution in [-0.4, -0.2) is 23.2 Å². The van der Waals surface area contributed by atoms with Crippen LogP contribution in [0.1, 0.15) is 25.5 Å². The van der Waals surface area contributed by atoms with Crippen LogP contribution in [0, 0.1) is 5.92 Å². The molecule has 2 heterocycles. The van der Waals surface area contributed by atoms with Gasteiger partial charge in [-0.3, -0.25) is 14.5 Å². The maximum Gasteiger partial charge on any atom is 0.573 e. The first-order chi connectivity index (χ1) is 16.1. The van der Waals surface area contributed by atoms with Gasteiger partial charge in [0.1, 0.15) is 5.75 Å². The molecule has 4 rings (SSSR count). The number of halogens is 3. The minimum atomic E-state index is -4.99. The maximum absolute atomic E-state index is 13.1. The molecule has 1 amide bonds. The molecule has 0 fully saturated rings. The van der Waals surface area contributed by atoms with Crippen molar-refractivity contribution in [2.75, 3.05) is 4.90 Å². The summed E-state index contributed by atoms with van der Waals surface area (Å²) in [4.78, 5) is 27.3. The molecule has 0 aliphatic carbocycles. The summed E-state index contributed by atoms with van der Waals surface area (Å²) in [5, 5.41) is 14.6. The average molecular weight is 487 g/mol. The topological polar surface area (TPSA) is 66.8 Å². The van der Waals surface area contributed by atoms with E-state index in [2.05, 4.69) is 4.74 Å². The van der Waals surface area contributed by atoms with Gasteiger partial charge in [0, 0.05) is 17.2 Å². The number of para-hydroxylation sites is 1. The van der Waals surface area contributed by atoms with Crippen molar-refractivity contribution in [1.29, 1.82) is 0 Å². The molecule has 1 unspecified atom stereocenters. The van der Waals surface area contributed by atoms with Crippen molar-refractivity contribution < 1.29 is 32.6 Å². The molecule has 34 heavy (non-hydrogen) atoms. The molecule has 0 spiro atoms. The summed E-state index contributed by atoms with van der Waals surface area (Å²) in [6, 6.07) is 12.7. The fourth-order valence-electron chi connectivity index (χ4n) is 3.90. The number of carbonyl (C=O) groups is 2. The van der Waals surface area contributed by atoms with Gasteiger partial charge in [-0.05, 0) is 46.2 Å². The van der Waals surface area contributed by atoms with Gasteiger partial charge in [0.25, 0.3) is 5.91 Å². The average Bonchev–Trinajstić information content (AvgIpc) is 3.40. The summed E-state index contributed by atoms with van der Waals surface area (Å²) in [7, 11) is 0. The smallest absolute Gasteiger partial charge is 0.503 e. The number of benzene rings is 2. The lowest BCUT2D eigenvalue weighted by molar-refractivity contribution is -0.274. The first kappa shape index (κ1) is 23.6. The van der Waals surface area contributed by atoms with Gasteiger partial charge in [-0.1, -0.05) is 44.2 Å². The van der Waals surface area contributed by atoms with Crippen molar-refractivity contribution >= 4 is 28.7 Å². The van der Waals surface area contributed by atoms with E-state index < -0.39 is 41.5 Å². The number of aliphatic hydroxyl groups excluding tert-OH is 1. The Morgan fingerprint density at radius 1 is 1.06 bits per heavy atom. The quantitative estimate of drug-likeness (QED) is 0.435. The van der Waals surface area contributed by atoms with Crippen LogP contribution in [0.15, 0.2) is 76.7 Å². The molecule has 1 N–H and O–H groups in total. The monoisotopic (exact) mass is 487 g/mol. The Balaban J connectivity index is 1.85. The molecule has 9 heteroatoms. The number of hydrogen-bond acceptors (Lipinski definition) is 5. The number of anilines is 1. The second-order valence-electron chi connectivity index (χ2n) is 8.00. The molecule has 5 nitrogen and oxygen atoms in total. The highest BCUT2D eigenvalue weighted by atomic mass is 32.1. The number of aliphatic hydroxyl groups is 1. The van der Waals surface area contributed by atoms with Crippen molar-refractivity contribution in [2.45, 2.75) is 26.3 Å². The number of ether oxygens (including phenoxy) is 1. The summed E-state index contributed by atoms with van der Waals surface area (Å²) >= 11 is 1.53. The molecular formula is C25H20F3NO4S. The van der Waals surface area contributed by atoms with E-state index in [4.69, 9.17) is 0 Å². The second kappa shape index (κ2) is 8.98. The molecule has 1 aromatic heterocycles. The lowest BCUT2D eigenvalue weighted by atomic mass is 9.90. The van der Waals surface area contributed by atoms with E-state index in [9.17, 15) is 27.9 Å². The first-order valence-electron chi connectivity index (χ1n) is 10.4. The Labute approximate surface area is 197 Å². The molecule has 0 saturated carbocycles. The Bertz CT molecular complexity index is 1250. The van der Waals surface area contributed by atoms with E-state index in [1.54, 1.807) is 38.1 Å². The number of hydrogen-bond donors (Lipinski definition) is 1. The van der Waals surface area contributed by atoms with Gasteiger partial charge < -0.3 is 9.84 Å². The van der Waals surface area contributed by atoms with Crippen LogP contribution in [0.25, 0.3) is 11.1 Å². The molecule has 176 valence electrons. The number of thiophene rings is 1. The van der Waals surface area contributed by atoms with E-state index in [-0.39, 0.29) is 11.1 Å². The maximum atomic E-state index is 13.1. The fourth-order valence-corrected chi connectivity index (χ4v) is 4.56. The minimum absolute atomic E-state index is 0.0665. The van der Waals surface area contributed by atoms with Gasteiger partial charge in [0.15, 0.2) is 11.5 Å². The van der Waals surface area contributed by atoms with Gasteiger partial charge in [-0.15, -0.1) is 13.2 Å². The number of carbonyl (C=O) groups excluding carboxylic acids is 2. The van der Waals surface area contributed by atoms with Crippen molar-refractivity contribution in [3.05, 3.63) is 82.3 Å². The standard InChI is InChI=1S/C25H20F3NO4S/c1-14(2)22(30)20-21(18-5-3-4-6-19(18)33-25(26,27)28)29(24(32)23(20)31)17-9-7-15(8-10-17)16-11-12-34-13-16/h3-14,21,31H,1-2H3. The summed E-state index contributed by atoms with van der Waals surface area (Å²) < 4.78 is 43.5. The first-order valence-corrected chi connectivity index (χ1v) is 11.3.